The summed E-state index contributed by atoms with van der Waals surface area (Å²) in [5, 5.41) is 0. The molecule has 0 aromatic heterocycles. The Morgan fingerprint density at radius 3 is 2.29 bits per heavy atom. The van der Waals surface area contributed by atoms with Crippen molar-refractivity contribution in [3.8, 4) is 0 Å². The fourth-order valence-electron chi connectivity index (χ4n) is 2.99. The predicted octanol–water partition coefficient (Wildman–Crippen LogP) is 1.78. The summed E-state index contributed by atoms with van der Waals surface area (Å²) in [5.74, 6) is 0.767. The molecule has 0 heterocycles. The van der Waals surface area contributed by atoms with Crippen LogP contribution in [-0.4, -0.2) is 56.1 Å². The van der Waals surface area contributed by atoms with Gasteiger partial charge in [-0.05, 0) is 65.7 Å². The highest BCUT2D eigenvalue weighted by Gasteiger charge is 2.39. The molecule has 0 aromatic carbocycles. The van der Waals surface area contributed by atoms with E-state index in [1.807, 2.05) is 0 Å². The Labute approximate surface area is 107 Å². The largest absolute Gasteiger partial charge is 0.330 e. The Bertz CT molecular complexity index is 212. The topological polar surface area (TPSA) is 32.5 Å². The van der Waals surface area contributed by atoms with Crippen molar-refractivity contribution in [3.63, 3.8) is 0 Å². The van der Waals surface area contributed by atoms with Crippen LogP contribution in [0, 0.1) is 5.92 Å². The van der Waals surface area contributed by atoms with Crippen LogP contribution in [0.2, 0.25) is 0 Å². The molecule has 102 valence electrons. The van der Waals surface area contributed by atoms with Gasteiger partial charge in [0, 0.05) is 18.6 Å². The lowest BCUT2D eigenvalue weighted by molar-refractivity contribution is 0.0243. The van der Waals surface area contributed by atoms with Crippen molar-refractivity contribution in [2.24, 2.45) is 11.7 Å². The molecule has 1 fully saturated rings. The zero-order chi connectivity index (χ0) is 12.9. The van der Waals surface area contributed by atoms with E-state index in [0.29, 0.717) is 5.54 Å². The normalized spacial score (nSPS) is 20.6. The van der Waals surface area contributed by atoms with Crippen molar-refractivity contribution in [3.05, 3.63) is 0 Å². The van der Waals surface area contributed by atoms with Gasteiger partial charge in [-0.3, -0.25) is 0 Å². The number of rotatable bonds is 8. The molecular formula is C14H31N3. The van der Waals surface area contributed by atoms with Crippen LogP contribution < -0.4 is 5.73 Å². The van der Waals surface area contributed by atoms with Gasteiger partial charge in [0.2, 0.25) is 0 Å². The maximum Gasteiger partial charge on any atom is 0.0330 e. The third-order valence-corrected chi connectivity index (χ3v) is 4.32. The van der Waals surface area contributed by atoms with Crippen molar-refractivity contribution in [1.29, 1.82) is 0 Å². The van der Waals surface area contributed by atoms with E-state index < -0.39 is 0 Å². The van der Waals surface area contributed by atoms with Gasteiger partial charge in [-0.15, -0.1) is 0 Å². The lowest BCUT2D eigenvalue weighted by Gasteiger charge is -2.49. The summed E-state index contributed by atoms with van der Waals surface area (Å²) in [5.41, 5.74) is 6.02. The SMILES string of the molecule is CC(CCCN)CN(C)CC1(N(C)C)CCC1. The molecule has 1 unspecified atom stereocenters. The zero-order valence-electron chi connectivity index (χ0n) is 12.2. The summed E-state index contributed by atoms with van der Waals surface area (Å²) < 4.78 is 0. The van der Waals surface area contributed by atoms with Crippen LogP contribution >= 0.6 is 0 Å². The molecular weight excluding hydrogens is 210 g/mol. The first-order valence-electron chi connectivity index (χ1n) is 7.06. The lowest BCUT2D eigenvalue weighted by Crippen LogP contribution is -2.57. The molecule has 3 heteroatoms. The van der Waals surface area contributed by atoms with E-state index >= 15 is 0 Å². The van der Waals surface area contributed by atoms with E-state index in [-0.39, 0.29) is 0 Å². The number of hydrogen-bond acceptors (Lipinski definition) is 3. The van der Waals surface area contributed by atoms with Gasteiger partial charge in [0.15, 0.2) is 0 Å². The molecule has 0 saturated heterocycles. The van der Waals surface area contributed by atoms with Gasteiger partial charge in [-0.2, -0.15) is 0 Å². The van der Waals surface area contributed by atoms with Crippen molar-refractivity contribution in [2.75, 3.05) is 40.8 Å². The van der Waals surface area contributed by atoms with Crippen LogP contribution in [0.4, 0.5) is 0 Å². The minimum absolute atomic E-state index is 0.461. The number of likely N-dealkylation sites (N-methyl/N-ethyl adjacent to an activating group) is 2. The molecule has 1 saturated carbocycles. The predicted molar refractivity (Wildman–Crippen MR) is 75.2 cm³/mol. The quantitative estimate of drug-likeness (QED) is 0.703. The van der Waals surface area contributed by atoms with Crippen molar-refractivity contribution in [2.45, 2.75) is 44.6 Å². The first kappa shape index (κ1) is 14.9. The van der Waals surface area contributed by atoms with Gasteiger partial charge in [0.1, 0.15) is 0 Å². The molecule has 1 aliphatic rings. The maximum absolute atomic E-state index is 5.56. The minimum Gasteiger partial charge on any atom is -0.330 e. The average Bonchev–Trinajstić information content (AvgIpc) is 2.19. The van der Waals surface area contributed by atoms with Gasteiger partial charge < -0.3 is 15.5 Å². The van der Waals surface area contributed by atoms with Crippen molar-refractivity contribution in [1.82, 2.24) is 9.80 Å². The minimum atomic E-state index is 0.461. The number of nitrogens with zero attached hydrogens (tertiary/aromatic N) is 2. The zero-order valence-corrected chi connectivity index (χ0v) is 12.2. The van der Waals surface area contributed by atoms with E-state index in [1.54, 1.807) is 0 Å². The third kappa shape index (κ3) is 4.23. The smallest absolute Gasteiger partial charge is 0.0330 e. The fourth-order valence-corrected chi connectivity index (χ4v) is 2.99. The fraction of sp³-hybridized carbons (Fsp3) is 1.00. The summed E-state index contributed by atoms with van der Waals surface area (Å²) in [6.07, 6.45) is 6.54. The Kier molecular flexibility index (Phi) is 5.90. The third-order valence-electron chi connectivity index (χ3n) is 4.32. The second kappa shape index (κ2) is 6.72. The van der Waals surface area contributed by atoms with E-state index in [4.69, 9.17) is 5.73 Å². The highest BCUT2D eigenvalue weighted by atomic mass is 15.2. The Balaban J connectivity index is 2.30. The molecule has 0 aromatic rings. The molecule has 2 N–H and O–H groups in total. The molecule has 1 atom stereocenters. The summed E-state index contributed by atoms with van der Waals surface area (Å²) in [6.45, 7) is 5.59. The number of nitrogens with two attached hydrogens (primary N) is 1. The van der Waals surface area contributed by atoms with E-state index in [9.17, 15) is 0 Å². The molecule has 0 aliphatic heterocycles. The van der Waals surface area contributed by atoms with Crippen LogP contribution in [0.3, 0.4) is 0 Å². The first-order valence-corrected chi connectivity index (χ1v) is 7.06. The van der Waals surface area contributed by atoms with Gasteiger partial charge >= 0.3 is 0 Å². The van der Waals surface area contributed by atoms with E-state index in [0.717, 1.165) is 18.9 Å². The van der Waals surface area contributed by atoms with Gasteiger partial charge in [0.05, 0.1) is 0 Å². The Hall–Kier alpha value is -0.120. The maximum atomic E-state index is 5.56. The molecule has 1 aliphatic carbocycles. The summed E-state index contributed by atoms with van der Waals surface area (Å²) in [4.78, 5) is 4.94. The molecule has 3 nitrogen and oxygen atoms in total. The number of hydrogen-bond donors (Lipinski definition) is 1. The Morgan fingerprint density at radius 1 is 1.24 bits per heavy atom. The Morgan fingerprint density at radius 2 is 1.88 bits per heavy atom. The van der Waals surface area contributed by atoms with Gasteiger partial charge in [-0.25, -0.2) is 0 Å². The molecule has 17 heavy (non-hydrogen) atoms. The first-order chi connectivity index (χ1) is 8.00. The van der Waals surface area contributed by atoms with Crippen LogP contribution in [0.1, 0.15) is 39.0 Å². The summed E-state index contributed by atoms with van der Waals surface area (Å²) in [7, 11) is 6.72. The average molecular weight is 241 g/mol. The molecule has 0 amide bonds. The van der Waals surface area contributed by atoms with Crippen molar-refractivity contribution < 1.29 is 0 Å². The van der Waals surface area contributed by atoms with Crippen LogP contribution in [-0.2, 0) is 0 Å². The van der Waals surface area contributed by atoms with Gasteiger partial charge in [-0.1, -0.05) is 6.92 Å². The molecule has 0 radical (unpaired) electrons. The second-order valence-electron chi connectivity index (χ2n) is 6.21. The molecule has 0 bridgehead atoms. The standard InChI is InChI=1S/C14H31N3/c1-13(7-5-10-15)11-17(4)12-14(16(2)3)8-6-9-14/h13H,5-12,15H2,1-4H3. The van der Waals surface area contributed by atoms with Crippen LogP contribution in [0.5, 0.6) is 0 Å². The lowest BCUT2D eigenvalue weighted by atomic mass is 9.75. The van der Waals surface area contributed by atoms with Crippen molar-refractivity contribution >= 4 is 0 Å². The highest BCUT2D eigenvalue weighted by Crippen LogP contribution is 2.36. The van der Waals surface area contributed by atoms with E-state index in [1.165, 1.54) is 38.8 Å². The highest BCUT2D eigenvalue weighted by molar-refractivity contribution is 4.97. The van der Waals surface area contributed by atoms with Gasteiger partial charge in [0.25, 0.3) is 0 Å². The van der Waals surface area contributed by atoms with E-state index in [2.05, 4.69) is 37.9 Å². The van der Waals surface area contributed by atoms with Crippen LogP contribution in [0.15, 0.2) is 0 Å². The molecule has 0 spiro atoms. The second-order valence-corrected chi connectivity index (χ2v) is 6.21. The van der Waals surface area contributed by atoms with Crippen LogP contribution in [0.25, 0.3) is 0 Å². The summed E-state index contributed by atoms with van der Waals surface area (Å²) in [6, 6.07) is 0. The molecule has 1 rings (SSSR count). The summed E-state index contributed by atoms with van der Waals surface area (Å²) >= 11 is 0. The monoisotopic (exact) mass is 241 g/mol.